The molecular weight excluding hydrogens is 240 g/mol. The molecule has 0 saturated heterocycles. The SMILES string of the molecule is O=C1C=C(O)C(=O)C(CCCCc2ccccc2)=C1. The zero-order chi connectivity index (χ0) is 13.7. The normalized spacial score (nSPS) is 15.2. The van der Waals surface area contributed by atoms with E-state index >= 15 is 0 Å². The maximum atomic E-state index is 11.6. The fourth-order valence-corrected chi connectivity index (χ4v) is 2.12. The lowest BCUT2D eigenvalue weighted by atomic mass is 9.96. The topological polar surface area (TPSA) is 54.4 Å². The first-order chi connectivity index (χ1) is 9.16. The quantitative estimate of drug-likeness (QED) is 0.651. The second-order valence-electron chi connectivity index (χ2n) is 4.62. The van der Waals surface area contributed by atoms with Crippen molar-refractivity contribution >= 4 is 11.6 Å². The summed E-state index contributed by atoms with van der Waals surface area (Å²) in [6.07, 6.45) is 5.56. The highest BCUT2D eigenvalue weighted by molar-refractivity contribution is 6.19. The average Bonchev–Trinajstić information content (AvgIpc) is 2.41. The number of benzene rings is 1. The van der Waals surface area contributed by atoms with Gasteiger partial charge in [0.2, 0.25) is 5.78 Å². The van der Waals surface area contributed by atoms with Crippen molar-refractivity contribution in [1.82, 2.24) is 0 Å². The molecule has 1 N–H and O–H groups in total. The van der Waals surface area contributed by atoms with Crippen LogP contribution in [0.15, 0.2) is 53.8 Å². The van der Waals surface area contributed by atoms with E-state index in [4.69, 9.17) is 0 Å². The number of ketones is 2. The fourth-order valence-electron chi connectivity index (χ4n) is 2.12. The van der Waals surface area contributed by atoms with Gasteiger partial charge in [-0.25, -0.2) is 0 Å². The van der Waals surface area contributed by atoms with Gasteiger partial charge in [0, 0.05) is 11.6 Å². The molecule has 3 heteroatoms. The van der Waals surface area contributed by atoms with Gasteiger partial charge < -0.3 is 5.11 Å². The van der Waals surface area contributed by atoms with Gasteiger partial charge in [0.1, 0.15) is 0 Å². The second kappa shape index (κ2) is 6.14. The number of aliphatic hydroxyl groups is 1. The summed E-state index contributed by atoms with van der Waals surface area (Å²) in [6.45, 7) is 0. The van der Waals surface area contributed by atoms with E-state index in [-0.39, 0.29) is 5.78 Å². The van der Waals surface area contributed by atoms with E-state index in [0.29, 0.717) is 12.0 Å². The molecule has 0 unspecified atom stereocenters. The number of allylic oxidation sites excluding steroid dienone is 3. The summed E-state index contributed by atoms with van der Waals surface area (Å²) < 4.78 is 0. The first kappa shape index (κ1) is 13.3. The minimum Gasteiger partial charge on any atom is -0.504 e. The Bertz CT molecular complexity index is 538. The Hall–Kier alpha value is -2.16. The molecule has 0 aliphatic heterocycles. The molecule has 1 aromatic carbocycles. The maximum Gasteiger partial charge on any atom is 0.223 e. The zero-order valence-corrected chi connectivity index (χ0v) is 10.6. The maximum absolute atomic E-state index is 11.6. The lowest BCUT2D eigenvalue weighted by Crippen LogP contribution is -2.14. The Balaban J connectivity index is 1.80. The number of carbonyl (C=O) groups is 2. The van der Waals surface area contributed by atoms with Gasteiger partial charge in [0.25, 0.3) is 0 Å². The molecule has 2 rings (SSSR count). The second-order valence-corrected chi connectivity index (χ2v) is 4.62. The largest absolute Gasteiger partial charge is 0.504 e. The molecule has 0 radical (unpaired) electrons. The summed E-state index contributed by atoms with van der Waals surface area (Å²) in [7, 11) is 0. The van der Waals surface area contributed by atoms with Crippen molar-refractivity contribution in [2.45, 2.75) is 25.7 Å². The van der Waals surface area contributed by atoms with Crippen LogP contribution in [0.5, 0.6) is 0 Å². The number of rotatable bonds is 5. The van der Waals surface area contributed by atoms with Gasteiger partial charge in [-0.15, -0.1) is 0 Å². The highest BCUT2D eigenvalue weighted by Gasteiger charge is 2.20. The number of carbonyl (C=O) groups excluding carboxylic acids is 2. The first-order valence-electron chi connectivity index (χ1n) is 6.40. The van der Waals surface area contributed by atoms with Crippen molar-refractivity contribution in [2.75, 3.05) is 0 Å². The lowest BCUT2D eigenvalue weighted by Gasteiger charge is -2.09. The number of hydrogen-bond donors (Lipinski definition) is 1. The Kier molecular flexibility index (Phi) is 4.29. The lowest BCUT2D eigenvalue weighted by molar-refractivity contribution is -0.117. The molecule has 19 heavy (non-hydrogen) atoms. The molecule has 0 saturated carbocycles. The third-order valence-electron chi connectivity index (χ3n) is 3.12. The van der Waals surface area contributed by atoms with Gasteiger partial charge in [-0.05, 0) is 37.3 Å². The van der Waals surface area contributed by atoms with E-state index in [9.17, 15) is 14.7 Å². The van der Waals surface area contributed by atoms with E-state index in [1.807, 2.05) is 18.2 Å². The van der Waals surface area contributed by atoms with Crippen molar-refractivity contribution < 1.29 is 14.7 Å². The van der Waals surface area contributed by atoms with Gasteiger partial charge in [-0.2, -0.15) is 0 Å². The Morgan fingerprint density at radius 2 is 1.58 bits per heavy atom. The minimum absolute atomic E-state index is 0.310. The molecule has 0 heterocycles. The number of unbranched alkanes of at least 4 members (excludes halogenated alkanes) is 1. The zero-order valence-electron chi connectivity index (χ0n) is 10.6. The third kappa shape index (κ3) is 3.65. The van der Waals surface area contributed by atoms with E-state index in [0.717, 1.165) is 25.3 Å². The molecule has 0 aromatic heterocycles. The fraction of sp³-hybridized carbons (Fsp3) is 0.250. The number of hydrogen-bond acceptors (Lipinski definition) is 3. The highest BCUT2D eigenvalue weighted by Crippen LogP contribution is 2.17. The molecule has 98 valence electrons. The monoisotopic (exact) mass is 256 g/mol. The third-order valence-corrected chi connectivity index (χ3v) is 3.12. The van der Waals surface area contributed by atoms with Crippen LogP contribution in [-0.2, 0) is 16.0 Å². The summed E-state index contributed by atoms with van der Waals surface area (Å²) in [4.78, 5) is 22.8. The van der Waals surface area contributed by atoms with Crippen LogP contribution >= 0.6 is 0 Å². The summed E-state index contributed by atoms with van der Waals surface area (Å²) >= 11 is 0. The summed E-state index contributed by atoms with van der Waals surface area (Å²) in [5.74, 6) is -1.17. The van der Waals surface area contributed by atoms with Crippen molar-refractivity contribution in [3.8, 4) is 0 Å². The Morgan fingerprint density at radius 1 is 0.895 bits per heavy atom. The van der Waals surface area contributed by atoms with E-state index in [1.54, 1.807) is 0 Å². The molecule has 0 spiro atoms. The smallest absolute Gasteiger partial charge is 0.223 e. The van der Waals surface area contributed by atoms with E-state index < -0.39 is 11.5 Å². The van der Waals surface area contributed by atoms with Crippen molar-refractivity contribution in [3.05, 3.63) is 59.4 Å². The van der Waals surface area contributed by atoms with Crippen LogP contribution in [0.3, 0.4) is 0 Å². The van der Waals surface area contributed by atoms with Gasteiger partial charge in [0.05, 0.1) is 0 Å². The van der Waals surface area contributed by atoms with Crippen LogP contribution in [0.2, 0.25) is 0 Å². The molecule has 0 amide bonds. The summed E-state index contributed by atoms with van der Waals surface area (Å²) in [5.41, 5.74) is 1.68. The molecule has 1 aliphatic rings. The van der Waals surface area contributed by atoms with Crippen molar-refractivity contribution in [3.63, 3.8) is 0 Å². The van der Waals surface area contributed by atoms with E-state index in [2.05, 4.69) is 12.1 Å². The van der Waals surface area contributed by atoms with Gasteiger partial charge in [0.15, 0.2) is 11.5 Å². The molecule has 1 aliphatic carbocycles. The van der Waals surface area contributed by atoms with Crippen molar-refractivity contribution in [1.29, 1.82) is 0 Å². The number of Topliss-reactive ketones (excluding diaryl/α,β-unsaturated/α-hetero) is 1. The number of aliphatic hydroxyl groups excluding tert-OH is 1. The average molecular weight is 256 g/mol. The van der Waals surface area contributed by atoms with E-state index in [1.165, 1.54) is 11.6 Å². The minimum atomic E-state index is -0.439. The van der Waals surface area contributed by atoms with Crippen LogP contribution in [-0.4, -0.2) is 16.7 Å². The van der Waals surface area contributed by atoms with Crippen LogP contribution in [0.25, 0.3) is 0 Å². The summed E-state index contributed by atoms with van der Waals surface area (Å²) in [5, 5.41) is 9.30. The molecule has 1 aromatic rings. The van der Waals surface area contributed by atoms with Gasteiger partial charge >= 0.3 is 0 Å². The standard InChI is InChI=1S/C16H16O3/c17-14-10-13(16(19)15(18)11-14)9-5-4-8-12-6-2-1-3-7-12/h1-3,6-7,10-11,18H,4-5,8-9H2. The molecule has 0 fully saturated rings. The van der Waals surface area contributed by atoms with Crippen molar-refractivity contribution in [2.24, 2.45) is 0 Å². The van der Waals surface area contributed by atoms with Gasteiger partial charge in [-0.3, -0.25) is 9.59 Å². The predicted octanol–water partition coefficient (Wildman–Crippen LogP) is 2.92. The number of aryl methyl sites for hydroxylation is 1. The predicted molar refractivity (Wildman–Crippen MR) is 72.8 cm³/mol. The highest BCUT2D eigenvalue weighted by atomic mass is 16.3. The molecular formula is C16H16O3. The molecule has 0 atom stereocenters. The van der Waals surface area contributed by atoms with Gasteiger partial charge in [-0.1, -0.05) is 30.3 Å². The first-order valence-corrected chi connectivity index (χ1v) is 6.40. The van der Waals surface area contributed by atoms with Crippen LogP contribution in [0.4, 0.5) is 0 Å². The van der Waals surface area contributed by atoms with Crippen LogP contribution < -0.4 is 0 Å². The molecule has 0 bridgehead atoms. The molecule has 3 nitrogen and oxygen atoms in total. The summed E-state index contributed by atoms with van der Waals surface area (Å²) in [6, 6.07) is 10.1. The van der Waals surface area contributed by atoms with Crippen LogP contribution in [0, 0.1) is 0 Å². The Labute approximate surface area is 112 Å². The Morgan fingerprint density at radius 3 is 2.32 bits per heavy atom. The van der Waals surface area contributed by atoms with Crippen LogP contribution in [0.1, 0.15) is 24.8 Å².